The van der Waals surface area contributed by atoms with E-state index < -0.39 is 12.1 Å². The fraction of sp³-hybridized carbons (Fsp3) is 0.179. The second-order valence-corrected chi connectivity index (χ2v) is 8.69. The van der Waals surface area contributed by atoms with Crippen LogP contribution >= 0.6 is 0 Å². The minimum atomic E-state index is -5.08. The van der Waals surface area contributed by atoms with E-state index in [1.165, 1.54) is 5.56 Å². The number of aryl methyl sites for hydroxylation is 1. The molecule has 0 aliphatic heterocycles. The van der Waals surface area contributed by atoms with Gasteiger partial charge in [-0.2, -0.15) is 13.2 Å². The van der Waals surface area contributed by atoms with Crippen LogP contribution in [0.3, 0.4) is 0 Å². The second kappa shape index (κ2) is 12.2. The van der Waals surface area contributed by atoms with Crippen LogP contribution < -0.4 is 5.32 Å². The summed E-state index contributed by atoms with van der Waals surface area (Å²) in [5, 5.41) is 10.1. The average Bonchev–Trinajstić information content (AvgIpc) is 3.50. The van der Waals surface area contributed by atoms with Crippen LogP contribution in [-0.4, -0.2) is 53.6 Å². The maximum absolute atomic E-state index is 13.0. The molecular formula is C28H25F3N6O3. The predicted octanol–water partition coefficient (Wildman–Crippen LogP) is 4.56. The second-order valence-electron chi connectivity index (χ2n) is 8.69. The molecule has 12 heteroatoms. The zero-order valence-corrected chi connectivity index (χ0v) is 21.3. The SMILES string of the molecule is Cc1nc(-c2nc(C(=O)NCCc3ccncc3)c3ccccn23)cn1Cc1ccccc1.O=C(O)C(F)(F)F. The Morgan fingerprint density at radius 2 is 1.62 bits per heavy atom. The Hall–Kier alpha value is -5.00. The highest BCUT2D eigenvalue weighted by atomic mass is 19.4. The highest BCUT2D eigenvalue weighted by molar-refractivity contribution is 6.00. The summed E-state index contributed by atoms with van der Waals surface area (Å²) in [7, 11) is 0. The lowest BCUT2D eigenvalue weighted by Gasteiger charge is -2.04. The molecule has 2 N–H and O–H groups in total. The lowest BCUT2D eigenvalue weighted by atomic mass is 10.2. The molecule has 5 rings (SSSR count). The predicted molar refractivity (Wildman–Crippen MR) is 141 cm³/mol. The molecule has 5 aromatic rings. The number of nitrogens with one attached hydrogen (secondary N) is 1. The lowest BCUT2D eigenvalue weighted by molar-refractivity contribution is -0.192. The number of hydrogen-bond acceptors (Lipinski definition) is 5. The third kappa shape index (κ3) is 6.90. The number of nitrogens with zero attached hydrogens (tertiary/aromatic N) is 5. The van der Waals surface area contributed by atoms with Crippen molar-refractivity contribution in [3.8, 4) is 11.5 Å². The van der Waals surface area contributed by atoms with E-state index in [0.717, 1.165) is 35.6 Å². The van der Waals surface area contributed by atoms with Crippen molar-refractivity contribution >= 4 is 17.4 Å². The standard InChI is InChI=1S/C26H24N6O.C2HF3O2/c1-19-29-22(18-31(19)17-21-7-3-2-4-8-21)25-30-24(23-9-5-6-16-32(23)25)26(33)28-15-12-20-10-13-27-14-11-20;3-2(4,5)1(6)7/h2-11,13-14,16,18H,12,15,17H2,1H3,(H,28,33);(H,6,7). The van der Waals surface area contributed by atoms with E-state index in [0.29, 0.717) is 18.1 Å². The van der Waals surface area contributed by atoms with Crippen LogP contribution in [0.1, 0.15) is 27.4 Å². The topological polar surface area (TPSA) is 114 Å². The van der Waals surface area contributed by atoms with Gasteiger partial charge in [-0.1, -0.05) is 36.4 Å². The number of carboxylic acids is 1. The fourth-order valence-corrected chi connectivity index (χ4v) is 3.90. The third-order valence-electron chi connectivity index (χ3n) is 5.86. The molecule has 40 heavy (non-hydrogen) atoms. The van der Waals surface area contributed by atoms with Crippen molar-refractivity contribution in [3.63, 3.8) is 0 Å². The van der Waals surface area contributed by atoms with Crippen molar-refractivity contribution in [1.29, 1.82) is 0 Å². The number of halogens is 3. The number of pyridine rings is 2. The number of aromatic nitrogens is 5. The molecule has 1 aromatic carbocycles. The number of amides is 1. The molecule has 0 saturated carbocycles. The van der Waals surface area contributed by atoms with Crippen molar-refractivity contribution in [2.45, 2.75) is 26.1 Å². The number of aliphatic carboxylic acids is 1. The first-order valence-electron chi connectivity index (χ1n) is 12.2. The quantitative estimate of drug-likeness (QED) is 0.307. The summed E-state index contributed by atoms with van der Waals surface area (Å²) in [6.45, 7) is 3.23. The average molecular weight is 551 g/mol. The number of benzene rings is 1. The molecule has 0 radical (unpaired) electrons. The molecule has 0 fully saturated rings. The minimum Gasteiger partial charge on any atom is -0.475 e. The molecule has 206 valence electrons. The van der Waals surface area contributed by atoms with Crippen LogP contribution in [0, 0.1) is 6.92 Å². The van der Waals surface area contributed by atoms with E-state index >= 15 is 0 Å². The summed E-state index contributed by atoms with van der Waals surface area (Å²) in [6.07, 6.45) is 3.07. The van der Waals surface area contributed by atoms with Crippen LogP contribution in [0.25, 0.3) is 17.0 Å². The number of carboxylic acid groups (broad SMARTS) is 1. The highest BCUT2D eigenvalue weighted by Crippen LogP contribution is 2.23. The molecule has 4 aromatic heterocycles. The maximum Gasteiger partial charge on any atom is 0.490 e. The fourth-order valence-electron chi connectivity index (χ4n) is 3.90. The number of carbonyl (C=O) groups is 2. The first-order valence-corrected chi connectivity index (χ1v) is 12.2. The number of carbonyl (C=O) groups excluding carboxylic acids is 1. The van der Waals surface area contributed by atoms with E-state index in [4.69, 9.17) is 19.9 Å². The van der Waals surface area contributed by atoms with E-state index in [9.17, 15) is 18.0 Å². The van der Waals surface area contributed by atoms with E-state index in [-0.39, 0.29) is 5.91 Å². The summed E-state index contributed by atoms with van der Waals surface area (Å²) in [5.41, 5.74) is 4.21. The smallest absolute Gasteiger partial charge is 0.475 e. The monoisotopic (exact) mass is 550 g/mol. The Morgan fingerprint density at radius 1 is 0.950 bits per heavy atom. The van der Waals surface area contributed by atoms with Crippen LogP contribution in [0.15, 0.2) is 85.5 Å². The van der Waals surface area contributed by atoms with Crippen LogP contribution in [0.5, 0.6) is 0 Å². The van der Waals surface area contributed by atoms with Crippen molar-refractivity contribution in [1.82, 2.24) is 29.2 Å². The molecule has 0 atom stereocenters. The Labute approximate surface area is 227 Å². The molecule has 0 spiro atoms. The minimum absolute atomic E-state index is 0.195. The molecule has 1 amide bonds. The van der Waals surface area contributed by atoms with Crippen molar-refractivity contribution in [3.05, 3.63) is 108 Å². The van der Waals surface area contributed by atoms with Gasteiger partial charge in [0, 0.05) is 37.9 Å². The Balaban J connectivity index is 0.000000470. The van der Waals surface area contributed by atoms with Gasteiger partial charge < -0.3 is 15.0 Å². The molecular weight excluding hydrogens is 525 g/mol. The largest absolute Gasteiger partial charge is 0.490 e. The van der Waals surface area contributed by atoms with Gasteiger partial charge in [-0.15, -0.1) is 0 Å². The van der Waals surface area contributed by atoms with E-state index in [2.05, 4.69) is 27.0 Å². The molecule has 0 bridgehead atoms. The first-order chi connectivity index (χ1) is 19.1. The molecule has 0 aliphatic rings. The van der Waals surface area contributed by atoms with E-state index in [1.54, 1.807) is 12.4 Å². The van der Waals surface area contributed by atoms with Crippen LogP contribution in [0.4, 0.5) is 13.2 Å². The summed E-state index contributed by atoms with van der Waals surface area (Å²) in [6, 6.07) is 19.9. The Bertz CT molecular complexity index is 1600. The van der Waals surface area contributed by atoms with Gasteiger partial charge in [0.25, 0.3) is 5.91 Å². The highest BCUT2D eigenvalue weighted by Gasteiger charge is 2.38. The normalized spacial score (nSPS) is 11.1. The molecule has 9 nitrogen and oxygen atoms in total. The number of alkyl halides is 3. The third-order valence-corrected chi connectivity index (χ3v) is 5.86. The van der Waals surface area contributed by atoms with Gasteiger partial charge in [0.1, 0.15) is 11.5 Å². The first kappa shape index (κ1) is 28.0. The Kier molecular flexibility index (Phi) is 8.57. The molecule has 0 unspecified atom stereocenters. The summed E-state index contributed by atoms with van der Waals surface area (Å²) >= 11 is 0. The zero-order valence-electron chi connectivity index (χ0n) is 21.3. The van der Waals surface area contributed by atoms with Gasteiger partial charge in [0.15, 0.2) is 11.5 Å². The van der Waals surface area contributed by atoms with Crippen molar-refractivity contribution < 1.29 is 27.9 Å². The molecule has 4 heterocycles. The number of fused-ring (bicyclic) bond motifs is 1. The van der Waals surface area contributed by atoms with Gasteiger partial charge in [-0.05, 0) is 48.7 Å². The molecule has 0 aliphatic carbocycles. The van der Waals surface area contributed by atoms with Gasteiger partial charge in [0.2, 0.25) is 0 Å². The number of rotatable bonds is 7. The van der Waals surface area contributed by atoms with Gasteiger partial charge in [-0.25, -0.2) is 14.8 Å². The van der Waals surface area contributed by atoms with Gasteiger partial charge >= 0.3 is 12.1 Å². The Morgan fingerprint density at radius 3 is 2.30 bits per heavy atom. The summed E-state index contributed by atoms with van der Waals surface area (Å²) in [4.78, 5) is 35.4. The molecule has 0 saturated heterocycles. The maximum atomic E-state index is 13.0. The van der Waals surface area contributed by atoms with Crippen LogP contribution in [-0.2, 0) is 17.8 Å². The summed E-state index contributed by atoms with van der Waals surface area (Å²) in [5.74, 6) is -1.41. The number of imidazole rings is 2. The zero-order chi connectivity index (χ0) is 28.7. The van der Waals surface area contributed by atoms with Crippen LogP contribution in [0.2, 0.25) is 0 Å². The number of hydrogen-bond donors (Lipinski definition) is 2. The van der Waals surface area contributed by atoms with Crippen molar-refractivity contribution in [2.75, 3.05) is 6.54 Å². The van der Waals surface area contributed by atoms with Gasteiger partial charge in [0.05, 0.1) is 5.52 Å². The van der Waals surface area contributed by atoms with Gasteiger partial charge in [-0.3, -0.25) is 14.2 Å². The summed E-state index contributed by atoms with van der Waals surface area (Å²) < 4.78 is 35.8. The van der Waals surface area contributed by atoms with E-state index in [1.807, 2.05) is 72.2 Å². The lowest BCUT2D eigenvalue weighted by Crippen LogP contribution is -2.26. The van der Waals surface area contributed by atoms with Crippen molar-refractivity contribution in [2.24, 2.45) is 0 Å².